The lowest BCUT2D eigenvalue weighted by molar-refractivity contribution is 0.0746. The molecule has 166 valence electrons. The van der Waals surface area contributed by atoms with Gasteiger partial charge in [0.25, 0.3) is 5.91 Å². The number of nitrogens with two attached hydrogens (primary N) is 1. The highest BCUT2D eigenvalue weighted by molar-refractivity contribution is 7.89. The second kappa shape index (κ2) is 9.05. The number of aryl methyl sites for hydroxylation is 1. The van der Waals surface area contributed by atoms with Gasteiger partial charge >= 0.3 is 0 Å². The fraction of sp³-hybridized carbons (Fsp3) is 0.261. The molecule has 9 heteroatoms. The molecular weight excluding hydrogens is 426 g/mol. The molecule has 1 saturated heterocycles. The summed E-state index contributed by atoms with van der Waals surface area (Å²) in [4.78, 5) is 16.6. The van der Waals surface area contributed by atoms with Crippen LogP contribution in [-0.2, 0) is 16.4 Å². The van der Waals surface area contributed by atoms with Crippen molar-refractivity contribution < 1.29 is 13.2 Å². The van der Waals surface area contributed by atoms with Gasteiger partial charge < -0.3 is 9.80 Å². The van der Waals surface area contributed by atoms with Crippen LogP contribution in [0.25, 0.3) is 11.3 Å². The topological polar surface area (TPSA) is 109 Å². The monoisotopic (exact) mass is 451 g/mol. The maximum atomic E-state index is 12.7. The molecule has 0 unspecified atom stereocenters. The van der Waals surface area contributed by atoms with Crippen LogP contribution in [0.4, 0.5) is 5.82 Å². The van der Waals surface area contributed by atoms with Gasteiger partial charge in [-0.25, -0.2) is 13.6 Å². The second-order valence-corrected chi connectivity index (χ2v) is 9.24. The van der Waals surface area contributed by atoms with Crippen molar-refractivity contribution in [2.45, 2.75) is 18.2 Å². The van der Waals surface area contributed by atoms with Crippen LogP contribution in [0.5, 0.6) is 0 Å². The van der Waals surface area contributed by atoms with E-state index in [1.54, 1.807) is 4.90 Å². The van der Waals surface area contributed by atoms with E-state index in [0.29, 0.717) is 31.7 Å². The van der Waals surface area contributed by atoms with E-state index in [1.807, 2.05) is 12.1 Å². The molecule has 1 aliphatic heterocycles. The summed E-state index contributed by atoms with van der Waals surface area (Å²) >= 11 is 0. The number of anilines is 1. The number of aromatic nitrogens is 2. The summed E-state index contributed by atoms with van der Waals surface area (Å²) < 4.78 is 22.8. The van der Waals surface area contributed by atoms with Crippen LogP contribution in [0.15, 0.2) is 65.6 Å². The number of amides is 1. The Bertz CT molecular complexity index is 1190. The van der Waals surface area contributed by atoms with E-state index in [1.165, 1.54) is 29.8 Å². The van der Waals surface area contributed by atoms with Gasteiger partial charge in [0.05, 0.1) is 10.6 Å². The molecule has 0 radical (unpaired) electrons. The van der Waals surface area contributed by atoms with Gasteiger partial charge in [-0.05, 0) is 48.4 Å². The van der Waals surface area contributed by atoms with Crippen LogP contribution in [-0.4, -0.2) is 55.6 Å². The highest BCUT2D eigenvalue weighted by Gasteiger charge is 2.23. The number of primary sulfonamides is 1. The number of carbonyl (C=O) groups is 1. The lowest BCUT2D eigenvalue weighted by atomic mass is 10.1. The van der Waals surface area contributed by atoms with E-state index in [2.05, 4.69) is 46.3 Å². The summed E-state index contributed by atoms with van der Waals surface area (Å²) in [6.07, 6.45) is 1.00. The minimum Gasteiger partial charge on any atom is -0.352 e. The first-order valence-corrected chi connectivity index (χ1v) is 12.0. The zero-order valence-corrected chi connectivity index (χ0v) is 18.6. The van der Waals surface area contributed by atoms with Gasteiger partial charge in [0, 0.05) is 37.3 Å². The molecular formula is C23H25N5O3S. The summed E-state index contributed by atoms with van der Waals surface area (Å²) in [6.45, 7) is 4.48. The highest BCUT2D eigenvalue weighted by Crippen LogP contribution is 2.21. The lowest BCUT2D eigenvalue weighted by Gasteiger charge is -2.35. The van der Waals surface area contributed by atoms with Crippen molar-refractivity contribution >= 4 is 21.7 Å². The van der Waals surface area contributed by atoms with Crippen molar-refractivity contribution in [3.05, 3.63) is 71.8 Å². The Morgan fingerprint density at radius 1 is 0.906 bits per heavy atom. The number of rotatable bonds is 5. The van der Waals surface area contributed by atoms with Gasteiger partial charge in [-0.3, -0.25) is 4.79 Å². The fourth-order valence-corrected chi connectivity index (χ4v) is 4.18. The summed E-state index contributed by atoms with van der Waals surface area (Å²) in [5.74, 6) is 0.645. The number of hydrogen-bond donors (Lipinski definition) is 1. The van der Waals surface area contributed by atoms with Crippen LogP contribution in [0.3, 0.4) is 0 Å². The maximum Gasteiger partial charge on any atom is 0.253 e. The quantitative estimate of drug-likeness (QED) is 0.638. The Morgan fingerprint density at radius 3 is 2.09 bits per heavy atom. The van der Waals surface area contributed by atoms with Gasteiger partial charge in [-0.15, -0.1) is 10.2 Å². The van der Waals surface area contributed by atoms with E-state index in [9.17, 15) is 13.2 Å². The predicted molar refractivity (Wildman–Crippen MR) is 123 cm³/mol. The third kappa shape index (κ3) is 4.79. The molecule has 2 aromatic carbocycles. The van der Waals surface area contributed by atoms with Crippen LogP contribution < -0.4 is 10.0 Å². The van der Waals surface area contributed by atoms with Crippen molar-refractivity contribution in [2.75, 3.05) is 31.1 Å². The SMILES string of the molecule is CCc1ccc(-c2ccc(N3CCN(C(=O)c4ccc(S(N)(=O)=O)cc4)CC3)nn2)cc1. The van der Waals surface area contributed by atoms with Crippen molar-refractivity contribution in [2.24, 2.45) is 5.14 Å². The molecule has 0 saturated carbocycles. The van der Waals surface area contributed by atoms with Crippen LogP contribution in [0.2, 0.25) is 0 Å². The molecule has 2 heterocycles. The van der Waals surface area contributed by atoms with Gasteiger partial charge in [-0.1, -0.05) is 31.2 Å². The molecule has 32 heavy (non-hydrogen) atoms. The average Bonchev–Trinajstić information content (AvgIpc) is 2.83. The van der Waals surface area contributed by atoms with E-state index < -0.39 is 10.0 Å². The summed E-state index contributed by atoms with van der Waals surface area (Å²) in [7, 11) is -3.78. The predicted octanol–water partition coefficient (Wildman–Crippen LogP) is 2.32. The Hall–Kier alpha value is -3.30. The Kier molecular flexibility index (Phi) is 6.20. The third-order valence-electron chi connectivity index (χ3n) is 5.63. The van der Waals surface area contributed by atoms with E-state index >= 15 is 0 Å². The minimum absolute atomic E-state index is 0.0119. The van der Waals surface area contributed by atoms with Crippen molar-refractivity contribution in [1.82, 2.24) is 15.1 Å². The van der Waals surface area contributed by atoms with Gasteiger partial charge in [0.15, 0.2) is 5.82 Å². The van der Waals surface area contributed by atoms with E-state index in [0.717, 1.165) is 23.5 Å². The summed E-state index contributed by atoms with van der Waals surface area (Å²) in [5.41, 5.74) is 3.58. The third-order valence-corrected chi connectivity index (χ3v) is 6.56. The molecule has 0 bridgehead atoms. The van der Waals surface area contributed by atoms with Gasteiger partial charge in [0.1, 0.15) is 0 Å². The lowest BCUT2D eigenvalue weighted by Crippen LogP contribution is -2.49. The first-order valence-electron chi connectivity index (χ1n) is 10.5. The second-order valence-electron chi connectivity index (χ2n) is 7.68. The zero-order valence-electron chi connectivity index (χ0n) is 17.8. The van der Waals surface area contributed by atoms with Crippen LogP contribution in [0, 0.1) is 0 Å². The molecule has 4 rings (SSSR count). The van der Waals surface area contributed by atoms with Crippen molar-refractivity contribution in [1.29, 1.82) is 0 Å². The van der Waals surface area contributed by atoms with Gasteiger partial charge in [-0.2, -0.15) is 0 Å². The normalized spacial score (nSPS) is 14.4. The smallest absolute Gasteiger partial charge is 0.253 e. The molecule has 3 aromatic rings. The molecule has 2 N–H and O–H groups in total. The molecule has 0 atom stereocenters. The number of nitrogens with zero attached hydrogens (tertiary/aromatic N) is 4. The number of sulfonamides is 1. The first kappa shape index (κ1) is 21.9. The molecule has 1 fully saturated rings. The average molecular weight is 452 g/mol. The Labute approximate surface area is 187 Å². The van der Waals surface area contributed by atoms with Crippen LogP contribution in [0.1, 0.15) is 22.8 Å². The molecule has 8 nitrogen and oxygen atoms in total. The summed E-state index contributed by atoms with van der Waals surface area (Å²) in [6, 6.07) is 17.9. The summed E-state index contributed by atoms with van der Waals surface area (Å²) in [5, 5.41) is 13.9. The number of hydrogen-bond acceptors (Lipinski definition) is 6. The van der Waals surface area contributed by atoms with E-state index in [-0.39, 0.29) is 10.8 Å². The molecule has 0 spiro atoms. The molecule has 0 aliphatic carbocycles. The number of benzene rings is 2. The largest absolute Gasteiger partial charge is 0.352 e. The van der Waals surface area contributed by atoms with Crippen LogP contribution >= 0.6 is 0 Å². The highest BCUT2D eigenvalue weighted by atomic mass is 32.2. The van der Waals surface area contributed by atoms with Crippen molar-refractivity contribution in [3.63, 3.8) is 0 Å². The number of piperazine rings is 1. The molecule has 1 aliphatic rings. The molecule has 1 amide bonds. The zero-order chi connectivity index (χ0) is 22.7. The standard InChI is InChI=1S/C23H25N5O3S/c1-2-17-3-5-18(6-4-17)21-11-12-22(26-25-21)27-13-15-28(16-14-27)23(29)19-7-9-20(10-8-19)32(24,30)31/h3-12H,2,13-16H2,1H3,(H2,24,30,31). The maximum absolute atomic E-state index is 12.7. The van der Waals surface area contributed by atoms with Crippen molar-refractivity contribution in [3.8, 4) is 11.3 Å². The fourth-order valence-electron chi connectivity index (χ4n) is 3.67. The molecule has 1 aromatic heterocycles. The number of carbonyl (C=O) groups excluding carboxylic acids is 1. The Morgan fingerprint density at radius 2 is 1.56 bits per heavy atom. The minimum atomic E-state index is -3.78. The first-order chi connectivity index (χ1) is 15.3. The Balaban J connectivity index is 1.37. The van der Waals surface area contributed by atoms with E-state index in [4.69, 9.17) is 5.14 Å². The van der Waals surface area contributed by atoms with Gasteiger partial charge in [0.2, 0.25) is 10.0 Å².